The summed E-state index contributed by atoms with van der Waals surface area (Å²) >= 11 is 0. The molecule has 0 aliphatic carbocycles. The molecule has 0 saturated carbocycles. The molecule has 2 aliphatic heterocycles. The third-order valence-corrected chi connectivity index (χ3v) is 6.94. The monoisotopic (exact) mass is 481 g/mol. The minimum absolute atomic E-state index is 0.0813. The van der Waals surface area contributed by atoms with Crippen molar-refractivity contribution in [2.75, 3.05) is 18.9 Å². The lowest BCUT2D eigenvalue weighted by atomic mass is 9.80. The van der Waals surface area contributed by atoms with E-state index in [-0.39, 0.29) is 48.4 Å². The molecule has 35 heavy (non-hydrogen) atoms. The van der Waals surface area contributed by atoms with Crippen LogP contribution in [0.1, 0.15) is 53.0 Å². The molecule has 2 heterocycles. The van der Waals surface area contributed by atoms with Crippen LogP contribution in [0.15, 0.2) is 24.3 Å². The van der Waals surface area contributed by atoms with E-state index < -0.39 is 23.7 Å². The van der Waals surface area contributed by atoms with Crippen LogP contribution in [-0.2, 0) is 24.6 Å². The Bertz CT molecular complexity index is 1060. The maximum absolute atomic E-state index is 13.9. The highest BCUT2D eigenvalue weighted by Gasteiger charge is 2.59. The number of benzene rings is 1. The second-order valence-corrected chi connectivity index (χ2v) is 10.3. The molecule has 4 atom stereocenters. The molecule has 9 nitrogen and oxygen atoms in total. The number of nitrogens with zero attached hydrogens (tertiary/aromatic N) is 3. The number of rotatable bonds is 7. The first kappa shape index (κ1) is 26.2. The van der Waals surface area contributed by atoms with Gasteiger partial charge in [-0.1, -0.05) is 45.9 Å². The number of carbonyl (C=O) groups excluding carboxylic acids is 4. The molecule has 0 radical (unpaired) electrons. The first-order valence-electron chi connectivity index (χ1n) is 12.1. The van der Waals surface area contributed by atoms with E-state index in [2.05, 4.69) is 15.5 Å². The molecule has 1 aromatic rings. The Morgan fingerprint density at radius 3 is 2.49 bits per heavy atom. The van der Waals surface area contributed by atoms with E-state index >= 15 is 0 Å². The fraction of sp³-hybridized carbons (Fsp3) is 0.577. The van der Waals surface area contributed by atoms with Crippen LogP contribution < -0.4 is 10.6 Å². The van der Waals surface area contributed by atoms with Crippen LogP contribution in [0.3, 0.4) is 0 Å². The Balaban J connectivity index is 1.88. The van der Waals surface area contributed by atoms with Gasteiger partial charge in [0.25, 0.3) is 5.91 Å². The van der Waals surface area contributed by atoms with Crippen molar-refractivity contribution in [3.05, 3.63) is 41.2 Å². The van der Waals surface area contributed by atoms with E-state index in [0.717, 1.165) is 5.56 Å². The molecule has 2 N–H and O–H groups in total. The normalized spacial score (nSPS) is 22.5. The molecule has 2 aliphatic rings. The maximum atomic E-state index is 13.9. The molecule has 1 spiro atoms. The van der Waals surface area contributed by atoms with Gasteiger partial charge in [-0.05, 0) is 30.9 Å². The van der Waals surface area contributed by atoms with Gasteiger partial charge in [0.15, 0.2) is 0 Å². The lowest BCUT2D eigenvalue weighted by molar-refractivity contribution is -0.147. The average molecular weight is 482 g/mol. The van der Waals surface area contributed by atoms with Gasteiger partial charge in [-0.15, -0.1) is 0 Å². The highest BCUT2D eigenvalue weighted by Crippen LogP contribution is 2.46. The zero-order valence-corrected chi connectivity index (χ0v) is 21.3. The molecule has 0 bridgehead atoms. The van der Waals surface area contributed by atoms with Gasteiger partial charge in [-0.2, -0.15) is 0 Å². The zero-order chi connectivity index (χ0) is 26.1. The summed E-state index contributed by atoms with van der Waals surface area (Å²) in [5.74, 6) is -1.37. The highest BCUT2D eigenvalue weighted by atomic mass is 16.2. The average Bonchev–Trinajstić information content (AvgIpc) is 3.34. The predicted octanol–water partition coefficient (Wildman–Crippen LogP) is 2.39. The molecular weight excluding hydrogens is 446 g/mol. The van der Waals surface area contributed by atoms with Crippen molar-refractivity contribution in [3.8, 4) is 0 Å². The molecule has 1 fully saturated rings. The van der Waals surface area contributed by atoms with E-state index in [1.807, 2.05) is 38.1 Å². The number of nitrogens with one attached hydrogen (secondary N) is 2. The molecule has 9 heteroatoms. The Kier molecular flexibility index (Phi) is 7.53. The molecule has 4 amide bonds. The van der Waals surface area contributed by atoms with E-state index in [9.17, 15) is 19.2 Å². The molecule has 188 valence electrons. The first-order valence-corrected chi connectivity index (χ1v) is 12.1. The van der Waals surface area contributed by atoms with Crippen LogP contribution in [0.25, 0.3) is 4.85 Å². The van der Waals surface area contributed by atoms with E-state index in [1.165, 1.54) is 9.80 Å². The van der Waals surface area contributed by atoms with Gasteiger partial charge in [-0.3, -0.25) is 28.9 Å². The summed E-state index contributed by atoms with van der Waals surface area (Å²) in [6.45, 7) is 16.8. The third-order valence-electron chi connectivity index (χ3n) is 6.94. The maximum Gasteiger partial charge on any atom is 0.302 e. The van der Waals surface area contributed by atoms with Gasteiger partial charge in [0, 0.05) is 25.2 Å². The number of fused-ring (bicyclic) bond motifs is 2. The van der Waals surface area contributed by atoms with Crippen LogP contribution in [0.2, 0.25) is 0 Å². The van der Waals surface area contributed by atoms with Gasteiger partial charge in [0.1, 0.15) is 17.5 Å². The Hall–Kier alpha value is -3.41. The number of amides is 4. The van der Waals surface area contributed by atoms with Gasteiger partial charge in [0.05, 0.1) is 6.42 Å². The van der Waals surface area contributed by atoms with Crippen molar-refractivity contribution in [3.63, 3.8) is 0 Å². The lowest BCUT2D eigenvalue weighted by Crippen LogP contribution is -2.55. The summed E-state index contributed by atoms with van der Waals surface area (Å²) in [6.07, 6.45) is -0.211. The predicted molar refractivity (Wildman–Crippen MR) is 132 cm³/mol. The number of hydrogen-bond donors (Lipinski definition) is 2. The smallest absolute Gasteiger partial charge is 0.302 e. The zero-order valence-electron chi connectivity index (χ0n) is 21.3. The van der Waals surface area contributed by atoms with E-state index in [1.54, 1.807) is 27.8 Å². The standard InChI is InChI=1S/C26H35N5O4/c1-15(2)12-20(30(7)23(33)17(5)28-22(32)16(3)4)24(34)31-14-26(13-21(31)27-6)18-10-8-9-11-19(18)29-25(26)35/h8-11,15-17,20-21H,12-14H2,1-5,7H3,(H,28,32)(H,29,35)/t17-,20-,21-,26-/m0/s1. The van der Waals surface area contributed by atoms with Crippen LogP contribution in [0.5, 0.6) is 0 Å². The van der Waals surface area contributed by atoms with Crippen molar-refractivity contribution in [1.29, 1.82) is 0 Å². The van der Waals surface area contributed by atoms with Crippen molar-refractivity contribution >= 4 is 29.3 Å². The Morgan fingerprint density at radius 2 is 1.89 bits per heavy atom. The Morgan fingerprint density at radius 1 is 1.23 bits per heavy atom. The third kappa shape index (κ3) is 4.88. The molecule has 1 saturated heterocycles. The van der Waals surface area contributed by atoms with E-state index in [0.29, 0.717) is 12.1 Å². The minimum Gasteiger partial charge on any atom is -0.344 e. The molecule has 1 aromatic carbocycles. The quantitative estimate of drug-likeness (QED) is 0.584. The highest BCUT2D eigenvalue weighted by molar-refractivity contribution is 6.07. The number of likely N-dealkylation sites (N-methyl/N-ethyl adjacent to an activating group) is 1. The first-order chi connectivity index (χ1) is 16.4. The van der Waals surface area contributed by atoms with E-state index in [4.69, 9.17) is 6.57 Å². The molecule has 0 aromatic heterocycles. The van der Waals surface area contributed by atoms with Crippen molar-refractivity contribution < 1.29 is 19.2 Å². The summed E-state index contributed by atoms with van der Waals surface area (Å²) in [4.78, 5) is 58.7. The van der Waals surface area contributed by atoms with Gasteiger partial charge in [-0.25, -0.2) is 6.57 Å². The lowest BCUT2D eigenvalue weighted by Gasteiger charge is -2.33. The summed E-state index contributed by atoms with van der Waals surface area (Å²) in [5, 5.41) is 5.59. The van der Waals surface area contributed by atoms with Crippen LogP contribution in [0, 0.1) is 18.4 Å². The fourth-order valence-electron chi connectivity index (χ4n) is 4.92. The second kappa shape index (κ2) is 10.1. The van der Waals surface area contributed by atoms with Crippen LogP contribution in [0.4, 0.5) is 5.69 Å². The molecule has 0 unspecified atom stereocenters. The molecular formula is C26H35N5O4. The fourth-order valence-corrected chi connectivity index (χ4v) is 4.92. The number of anilines is 1. The van der Waals surface area contributed by atoms with Crippen molar-refractivity contribution in [2.24, 2.45) is 11.8 Å². The SMILES string of the molecule is [C-]#[N+][C@@H]1C[C@@]2(CN1C(=O)[C@H](CC(C)C)N(C)C(=O)[C@H](C)NC(=O)C(C)C)C(=O)Nc1ccccc12. The van der Waals surface area contributed by atoms with Gasteiger partial charge in [0.2, 0.25) is 17.7 Å². The van der Waals surface area contributed by atoms with Crippen LogP contribution >= 0.6 is 0 Å². The summed E-state index contributed by atoms with van der Waals surface area (Å²) in [7, 11) is 1.56. The largest absolute Gasteiger partial charge is 0.344 e. The van der Waals surface area contributed by atoms with Gasteiger partial charge < -0.3 is 15.5 Å². The van der Waals surface area contributed by atoms with Gasteiger partial charge >= 0.3 is 6.17 Å². The summed E-state index contributed by atoms with van der Waals surface area (Å²) in [6, 6.07) is 5.74. The topological polar surface area (TPSA) is 103 Å². The van der Waals surface area contributed by atoms with Crippen molar-refractivity contribution in [1.82, 2.24) is 15.1 Å². The number of likely N-dealkylation sites (tertiary alicyclic amines) is 1. The van der Waals surface area contributed by atoms with Crippen molar-refractivity contribution in [2.45, 2.75) is 71.1 Å². The minimum atomic E-state index is -0.981. The van der Waals surface area contributed by atoms with Crippen LogP contribution in [-0.4, -0.2) is 65.3 Å². The summed E-state index contributed by atoms with van der Waals surface area (Å²) < 4.78 is 0. The number of hydrogen-bond acceptors (Lipinski definition) is 4. The number of para-hydroxylation sites is 1. The Labute approximate surface area is 207 Å². The summed E-state index contributed by atoms with van der Waals surface area (Å²) in [5.41, 5.74) is 0.519. The second-order valence-electron chi connectivity index (χ2n) is 10.3. The number of carbonyl (C=O) groups is 4. The molecule has 3 rings (SSSR count).